The Morgan fingerprint density at radius 1 is 1.30 bits per heavy atom. The summed E-state index contributed by atoms with van der Waals surface area (Å²) in [6, 6.07) is 6.22. The van der Waals surface area contributed by atoms with Crippen LogP contribution in [0, 0.1) is 17.8 Å². The number of carbonyl (C=O) groups is 1. The van der Waals surface area contributed by atoms with Gasteiger partial charge in [-0.25, -0.2) is 4.98 Å². The highest BCUT2D eigenvalue weighted by Crippen LogP contribution is 2.41. The molecule has 0 spiro atoms. The molecule has 3 N–H and O–H groups in total. The van der Waals surface area contributed by atoms with Crippen molar-refractivity contribution in [2.45, 2.75) is 44.7 Å². The third-order valence-electron chi connectivity index (χ3n) is 5.48. The minimum atomic E-state index is 0.127. The van der Waals surface area contributed by atoms with Crippen LogP contribution in [0.1, 0.15) is 37.8 Å². The van der Waals surface area contributed by atoms with Gasteiger partial charge in [0.1, 0.15) is 5.82 Å². The van der Waals surface area contributed by atoms with Crippen molar-refractivity contribution in [3.8, 4) is 0 Å². The number of fused-ring (bicyclic) bond motifs is 2. The van der Waals surface area contributed by atoms with Crippen molar-refractivity contribution < 1.29 is 4.79 Å². The van der Waals surface area contributed by atoms with Crippen molar-refractivity contribution in [2.24, 2.45) is 23.5 Å². The lowest BCUT2D eigenvalue weighted by Crippen LogP contribution is -2.49. The number of hydrogen-bond donors (Lipinski definition) is 2. The summed E-state index contributed by atoms with van der Waals surface area (Å²) in [5, 5.41) is 3.08. The molecule has 126 valence electrons. The van der Waals surface area contributed by atoms with E-state index in [0.717, 1.165) is 24.4 Å². The first-order valence-electron chi connectivity index (χ1n) is 8.71. The number of nitrogens with one attached hydrogen (secondary N) is 1. The van der Waals surface area contributed by atoms with Crippen LogP contribution in [-0.4, -0.2) is 31.0 Å². The van der Waals surface area contributed by atoms with E-state index in [1.165, 1.54) is 19.3 Å². The fraction of sp³-hybridized carbons (Fsp3) is 0.667. The zero-order valence-electron chi connectivity index (χ0n) is 14.2. The molecule has 1 aromatic heterocycles. The lowest BCUT2D eigenvalue weighted by Gasteiger charge is -2.43. The number of nitrogens with two attached hydrogens (primary N) is 1. The summed E-state index contributed by atoms with van der Waals surface area (Å²) in [4.78, 5) is 19.1. The van der Waals surface area contributed by atoms with Crippen LogP contribution in [0.4, 0.5) is 5.82 Å². The van der Waals surface area contributed by atoms with Gasteiger partial charge in [0.25, 0.3) is 0 Å². The summed E-state index contributed by atoms with van der Waals surface area (Å²) in [7, 11) is 3.93. The summed E-state index contributed by atoms with van der Waals surface area (Å²) in [6.45, 7) is 0.498. The van der Waals surface area contributed by atoms with Crippen LogP contribution in [0.15, 0.2) is 18.2 Å². The normalized spacial score (nSPS) is 29.9. The SMILES string of the molecule is CN(C)c1cccc(CNC(=O)C2CC3CCCC(C2)C3N)n1. The molecule has 0 aromatic carbocycles. The summed E-state index contributed by atoms with van der Waals surface area (Å²) in [5.41, 5.74) is 7.21. The number of aromatic nitrogens is 1. The van der Waals surface area contributed by atoms with E-state index in [2.05, 4.69) is 10.3 Å². The van der Waals surface area contributed by atoms with E-state index in [1.807, 2.05) is 37.2 Å². The smallest absolute Gasteiger partial charge is 0.223 e. The molecule has 2 aliphatic carbocycles. The van der Waals surface area contributed by atoms with E-state index in [1.54, 1.807) is 0 Å². The van der Waals surface area contributed by atoms with Crippen LogP contribution in [0.25, 0.3) is 0 Å². The van der Waals surface area contributed by atoms with Gasteiger partial charge in [-0.2, -0.15) is 0 Å². The van der Waals surface area contributed by atoms with E-state index in [-0.39, 0.29) is 11.8 Å². The molecule has 0 aliphatic heterocycles. The standard InChI is InChI=1S/C18H28N4O/c1-22(2)16-8-4-7-15(21-16)11-20-18(23)14-9-12-5-3-6-13(10-14)17(12)19/h4,7-8,12-14,17H,3,5-6,9-11,19H2,1-2H3,(H,20,23). The van der Waals surface area contributed by atoms with Gasteiger partial charge in [-0.1, -0.05) is 12.5 Å². The van der Waals surface area contributed by atoms with Crippen molar-refractivity contribution >= 4 is 11.7 Å². The number of carbonyl (C=O) groups excluding carboxylic acids is 1. The Morgan fingerprint density at radius 3 is 2.65 bits per heavy atom. The number of nitrogens with zero attached hydrogens (tertiary/aromatic N) is 2. The number of rotatable bonds is 4. The minimum absolute atomic E-state index is 0.127. The Kier molecular flexibility index (Phi) is 4.85. The molecule has 1 aromatic rings. The fourth-order valence-electron chi connectivity index (χ4n) is 4.14. The number of amides is 1. The molecule has 0 saturated heterocycles. The average Bonchev–Trinajstić information content (AvgIpc) is 2.52. The molecular formula is C18H28N4O. The summed E-state index contributed by atoms with van der Waals surface area (Å²) in [6.07, 6.45) is 5.56. The first kappa shape index (κ1) is 16.2. The molecule has 2 saturated carbocycles. The van der Waals surface area contributed by atoms with Crippen LogP contribution in [0.3, 0.4) is 0 Å². The van der Waals surface area contributed by atoms with Gasteiger partial charge in [0.2, 0.25) is 5.91 Å². The predicted molar refractivity (Wildman–Crippen MR) is 91.9 cm³/mol. The van der Waals surface area contributed by atoms with Crippen molar-refractivity contribution in [2.75, 3.05) is 19.0 Å². The molecule has 1 heterocycles. The van der Waals surface area contributed by atoms with Gasteiger partial charge in [-0.3, -0.25) is 4.79 Å². The Balaban J connectivity index is 1.56. The summed E-state index contributed by atoms with van der Waals surface area (Å²) >= 11 is 0. The Hall–Kier alpha value is -1.62. The summed E-state index contributed by atoms with van der Waals surface area (Å²) < 4.78 is 0. The van der Waals surface area contributed by atoms with Gasteiger partial charge >= 0.3 is 0 Å². The maximum absolute atomic E-state index is 12.5. The molecule has 2 bridgehead atoms. The predicted octanol–water partition coefficient (Wildman–Crippen LogP) is 1.92. The highest BCUT2D eigenvalue weighted by molar-refractivity contribution is 5.78. The van der Waals surface area contributed by atoms with Gasteiger partial charge in [0.05, 0.1) is 12.2 Å². The molecule has 0 radical (unpaired) electrons. The molecule has 2 fully saturated rings. The van der Waals surface area contributed by atoms with E-state index >= 15 is 0 Å². The van der Waals surface area contributed by atoms with Gasteiger partial charge in [-0.05, 0) is 49.7 Å². The number of hydrogen-bond acceptors (Lipinski definition) is 4. The Morgan fingerprint density at radius 2 is 2.00 bits per heavy atom. The second-order valence-corrected chi connectivity index (χ2v) is 7.30. The van der Waals surface area contributed by atoms with Crippen LogP contribution < -0.4 is 16.0 Å². The lowest BCUT2D eigenvalue weighted by molar-refractivity contribution is -0.128. The molecule has 3 rings (SSSR count). The van der Waals surface area contributed by atoms with Gasteiger partial charge in [0.15, 0.2) is 0 Å². The highest BCUT2D eigenvalue weighted by Gasteiger charge is 2.40. The number of pyridine rings is 1. The van der Waals surface area contributed by atoms with Crippen LogP contribution in [0.5, 0.6) is 0 Å². The number of anilines is 1. The molecule has 1 amide bonds. The van der Waals surface area contributed by atoms with Crippen LogP contribution in [-0.2, 0) is 11.3 Å². The Labute approximate surface area is 138 Å². The van der Waals surface area contributed by atoms with Crippen molar-refractivity contribution in [3.05, 3.63) is 23.9 Å². The average molecular weight is 316 g/mol. The maximum Gasteiger partial charge on any atom is 0.223 e. The maximum atomic E-state index is 12.5. The molecule has 2 unspecified atom stereocenters. The van der Waals surface area contributed by atoms with Crippen LogP contribution in [0.2, 0.25) is 0 Å². The molecule has 2 aliphatic rings. The topological polar surface area (TPSA) is 71.2 Å². The summed E-state index contributed by atoms with van der Waals surface area (Å²) in [5.74, 6) is 2.28. The third kappa shape index (κ3) is 3.66. The van der Waals surface area contributed by atoms with E-state index < -0.39 is 0 Å². The first-order valence-corrected chi connectivity index (χ1v) is 8.71. The molecule has 2 atom stereocenters. The largest absolute Gasteiger partial charge is 0.363 e. The monoisotopic (exact) mass is 316 g/mol. The van der Waals surface area contributed by atoms with E-state index in [4.69, 9.17) is 5.73 Å². The molecular weight excluding hydrogens is 288 g/mol. The molecule has 23 heavy (non-hydrogen) atoms. The van der Waals surface area contributed by atoms with Crippen molar-refractivity contribution in [3.63, 3.8) is 0 Å². The van der Waals surface area contributed by atoms with Crippen LogP contribution >= 0.6 is 0 Å². The highest BCUT2D eigenvalue weighted by atomic mass is 16.1. The van der Waals surface area contributed by atoms with Gasteiger partial charge in [0, 0.05) is 26.1 Å². The third-order valence-corrected chi connectivity index (χ3v) is 5.48. The minimum Gasteiger partial charge on any atom is -0.363 e. The van der Waals surface area contributed by atoms with Crippen molar-refractivity contribution in [1.82, 2.24) is 10.3 Å². The molecule has 5 heteroatoms. The second kappa shape index (κ2) is 6.87. The van der Waals surface area contributed by atoms with Gasteiger partial charge in [-0.15, -0.1) is 0 Å². The quantitative estimate of drug-likeness (QED) is 0.890. The Bertz CT molecular complexity index is 546. The van der Waals surface area contributed by atoms with Gasteiger partial charge < -0.3 is 16.0 Å². The fourth-order valence-corrected chi connectivity index (χ4v) is 4.14. The zero-order chi connectivity index (χ0) is 16.4. The van der Waals surface area contributed by atoms with E-state index in [0.29, 0.717) is 24.4 Å². The van der Waals surface area contributed by atoms with Crippen molar-refractivity contribution in [1.29, 1.82) is 0 Å². The lowest BCUT2D eigenvalue weighted by atomic mass is 9.65. The second-order valence-electron chi connectivity index (χ2n) is 7.30. The first-order chi connectivity index (χ1) is 11.0. The van der Waals surface area contributed by atoms with E-state index in [9.17, 15) is 4.79 Å². The zero-order valence-corrected chi connectivity index (χ0v) is 14.2. The molecule has 5 nitrogen and oxygen atoms in total.